The third-order valence-electron chi connectivity index (χ3n) is 3.49. The fourth-order valence-electron chi connectivity index (χ4n) is 2.21. The minimum absolute atomic E-state index is 0.00879. The summed E-state index contributed by atoms with van der Waals surface area (Å²) < 4.78 is 18.9. The number of nitrogens with one attached hydrogen (secondary N) is 1. The second-order valence-corrected chi connectivity index (χ2v) is 5.33. The molecule has 5 nitrogen and oxygen atoms in total. The quantitative estimate of drug-likeness (QED) is 0.747. The number of hydrogen-bond donors (Lipinski definition) is 2. The van der Waals surface area contributed by atoms with Gasteiger partial charge >= 0.3 is 0 Å². The fraction of sp³-hybridized carbons (Fsp3) is 0.0526. The molecule has 3 aromatic rings. The highest BCUT2D eigenvalue weighted by Crippen LogP contribution is 2.21. The lowest BCUT2D eigenvalue weighted by molar-refractivity contribution is 0.0951. The molecular weight excluding hydrogens is 321 g/mol. The van der Waals surface area contributed by atoms with Crippen molar-refractivity contribution in [1.82, 2.24) is 10.3 Å². The Morgan fingerprint density at radius 2 is 1.76 bits per heavy atom. The van der Waals surface area contributed by atoms with Gasteiger partial charge in [0.25, 0.3) is 5.91 Å². The van der Waals surface area contributed by atoms with Gasteiger partial charge in [-0.1, -0.05) is 30.3 Å². The smallest absolute Gasteiger partial charge is 0.255 e. The van der Waals surface area contributed by atoms with Gasteiger partial charge in [-0.3, -0.25) is 4.79 Å². The zero-order chi connectivity index (χ0) is 17.6. The van der Waals surface area contributed by atoms with Crippen molar-refractivity contribution in [2.24, 2.45) is 0 Å². The van der Waals surface area contributed by atoms with Gasteiger partial charge in [0.2, 0.25) is 0 Å². The van der Waals surface area contributed by atoms with Crippen LogP contribution in [0.3, 0.4) is 0 Å². The van der Waals surface area contributed by atoms with Crippen molar-refractivity contribution in [3.05, 3.63) is 83.8 Å². The molecule has 0 bridgehead atoms. The second-order valence-electron chi connectivity index (χ2n) is 5.33. The predicted octanol–water partition coefficient (Wildman–Crippen LogP) is 3.53. The van der Waals surface area contributed by atoms with Crippen LogP contribution >= 0.6 is 0 Å². The Bertz CT molecular complexity index is 868. The number of hydrogen-bond acceptors (Lipinski definition) is 4. The monoisotopic (exact) mass is 337 g/mol. The Kier molecular flexibility index (Phi) is 4.89. The number of nitrogens with two attached hydrogens (primary N) is 1. The number of carbonyl (C=O) groups is 1. The molecule has 0 spiro atoms. The number of pyridine rings is 1. The molecule has 0 aliphatic heterocycles. The van der Waals surface area contributed by atoms with Gasteiger partial charge in [-0.25, -0.2) is 9.37 Å². The number of carbonyl (C=O) groups excluding carboxylic acids is 1. The number of para-hydroxylation sites is 1. The Morgan fingerprint density at radius 3 is 2.48 bits per heavy atom. The van der Waals surface area contributed by atoms with Crippen molar-refractivity contribution in [2.75, 3.05) is 5.73 Å². The molecule has 126 valence electrons. The molecule has 0 aliphatic carbocycles. The standard InChI is InChI=1S/C19H16FN3O2/c20-14-10-17(18(21)22-12-14)19(24)23-11-13-6-8-16(9-7-13)25-15-4-2-1-3-5-15/h1-10,12H,11H2,(H2,21,22)(H,23,24). The molecule has 0 saturated carbocycles. The highest BCUT2D eigenvalue weighted by atomic mass is 19.1. The van der Waals surface area contributed by atoms with Crippen molar-refractivity contribution >= 4 is 11.7 Å². The normalized spacial score (nSPS) is 10.3. The maximum atomic E-state index is 13.2. The van der Waals surface area contributed by atoms with Crippen LogP contribution in [0, 0.1) is 5.82 Å². The number of nitrogen functional groups attached to an aromatic ring is 1. The highest BCUT2D eigenvalue weighted by molar-refractivity contribution is 5.98. The summed E-state index contributed by atoms with van der Waals surface area (Å²) in [5.74, 6) is 0.346. The van der Waals surface area contributed by atoms with Crippen LogP contribution in [0.5, 0.6) is 11.5 Å². The average Bonchev–Trinajstić information content (AvgIpc) is 2.64. The summed E-state index contributed by atoms with van der Waals surface area (Å²) >= 11 is 0. The topological polar surface area (TPSA) is 77.2 Å². The first kappa shape index (κ1) is 16.4. The predicted molar refractivity (Wildman–Crippen MR) is 92.7 cm³/mol. The van der Waals surface area contributed by atoms with Crippen LogP contribution in [0.15, 0.2) is 66.9 Å². The van der Waals surface area contributed by atoms with Gasteiger partial charge in [-0.2, -0.15) is 0 Å². The summed E-state index contributed by atoms with van der Waals surface area (Å²) in [5.41, 5.74) is 6.49. The van der Waals surface area contributed by atoms with Crippen LogP contribution in [0.4, 0.5) is 10.2 Å². The van der Waals surface area contributed by atoms with E-state index in [1.165, 1.54) is 0 Å². The largest absolute Gasteiger partial charge is 0.457 e. The number of amides is 1. The number of nitrogens with zero attached hydrogens (tertiary/aromatic N) is 1. The number of halogens is 1. The Morgan fingerprint density at radius 1 is 1.08 bits per heavy atom. The Labute approximate surface area is 144 Å². The van der Waals surface area contributed by atoms with Gasteiger partial charge in [0, 0.05) is 6.54 Å². The first-order valence-corrected chi connectivity index (χ1v) is 7.63. The summed E-state index contributed by atoms with van der Waals surface area (Å²) in [6.07, 6.45) is 0.970. The Balaban J connectivity index is 1.60. The van der Waals surface area contributed by atoms with Crippen molar-refractivity contribution in [3.8, 4) is 11.5 Å². The summed E-state index contributed by atoms with van der Waals surface area (Å²) in [7, 11) is 0. The number of anilines is 1. The molecule has 0 radical (unpaired) electrons. The summed E-state index contributed by atoms with van der Waals surface area (Å²) in [4.78, 5) is 15.7. The minimum atomic E-state index is -0.609. The Hall–Kier alpha value is -3.41. The van der Waals surface area contributed by atoms with E-state index in [1.54, 1.807) is 0 Å². The van der Waals surface area contributed by atoms with E-state index >= 15 is 0 Å². The van der Waals surface area contributed by atoms with E-state index in [0.29, 0.717) is 5.75 Å². The molecule has 0 aliphatic rings. The molecule has 0 saturated heterocycles. The molecule has 2 aromatic carbocycles. The number of benzene rings is 2. The average molecular weight is 337 g/mol. The molecule has 1 heterocycles. The van der Waals surface area contributed by atoms with Gasteiger partial charge in [0.05, 0.1) is 11.8 Å². The van der Waals surface area contributed by atoms with E-state index < -0.39 is 11.7 Å². The molecule has 0 unspecified atom stereocenters. The van der Waals surface area contributed by atoms with Gasteiger partial charge in [0.1, 0.15) is 23.1 Å². The lowest BCUT2D eigenvalue weighted by atomic mass is 10.2. The molecule has 1 amide bonds. The van der Waals surface area contributed by atoms with Crippen LogP contribution in [-0.4, -0.2) is 10.9 Å². The van der Waals surface area contributed by atoms with Crippen LogP contribution in [0.1, 0.15) is 15.9 Å². The van der Waals surface area contributed by atoms with E-state index in [1.807, 2.05) is 54.6 Å². The fourth-order valence-corrected chi connectivity index (χ4v) is 2.21. The molecule has 0 atom stereocenters. The zero-order valence-corrected chi connectivity index (χ0v) is 13.3. The minimum Gasteiger partial charge on any atom is -0.457 e. The molecule has 3 rings (SSSR count). The van der Waals surface area contributed by atoms with E-state index in [-0.39, 0.29) is 17.9 Å². The maximum absolute atomic E-state index is 13.2. The van der Waals surface area contributed by atoms with Crippen LogP contribution < -0.4 is 15.8 Å². The molecule has 6 heteroatoms. The summed E-state index contributed by atoms with van der Waals surface area (Å²) in [5, 5.41) is 2.69. The highest BCUT2D eigenvalue weighted by Gasteiger charge is 2.11. The van der Waals surface area contributed by atoms with Gasteiger partial charge < -0.3 is 15.8 Å². The number of ether oxygens (including phenoxy) is 1. The van der Waals surface area contributed by atoms with Crippen molar-refractivity contribution in [3.63, 3.8) is 0 Å². The lowest BCUT2D eigenvalue weighted by Gasteiger charge is -2.09. The van der Waals surface area contributed by atoms with Crippen molar-refractivity contribution in [1.29, 1.82) is 0 Å². The number of aromatic nitrogens is 1. The first-order valence-electron chi connectivity index (χ1n) is 7.63. The third-order valence-corrected chi connectivity index (χ3v) is 3.49. The number of rotatable bonds is 5. The second kappa shape index (κ2) is 7.44. The molecule has 1 aromatic heterocycles. The van der Waals surface area contributed by atoms with E-state index in [2.05, 4.69) is 10.3 Å². The van der Waals surface area contributed by atoms with Gasteiger partial charge in [0.15, 0.2) is 0 Å². The van der Waals surface area contributed by atoms with E-state index in [4.69, 9.17) is 10.5 Å². The van der Waals surface area contributed by atoms with Crippen LogP contribution in [-0.2, 0) is 6.54 Å². The van der Waals surface area contributed by atoms with Gasteiger partial charge in [-0.05, 0) is 35.9 Å². The van der Waals surface area contributed by atoms with E-state index in [9.17, 15) is 9.18 Å². The van der Waals surface area contributed by atoms with Crippen molar-refractivity contribution in [2.45, 2.75) is 6.54 Å². The molecule has 3 N–H and O–H groups in total. The molecular formula is C19H16FN3O2. The maximum Gasteiger partial charge on any atom is 0.255 e. The summed E-state index contributed by atoms with van der Waals surface area (Å²) in [6.45, 7) is 0.278. The van der Waals surface area contributed by atoms with Gasteiger partial charge in [-0.15, -0.1) is 0 Å². The summed E-state index contributed by atoms with van der Waals surface area (Å²) in [6, 6.07) is 17.8. The SMILES string of the molecule is Nc1ncc(F)cc1C(=O)NCc1ccc(Oc2ccccc2)cc1. The molecule has 0 fully saturated rings. The zero-order valence-electron chi connectivity index (χ0n) is 13.3. The third kappa shape index (κ3) is 4.32. The lowest BCUT2D eigenvalue weighted by Crippen LogP contribution is -2.24. The van der Waals surface area contributed by atoms with Crippen molar-refractivity contribution < 1.29 is 13.9 Å². The first-order chi connectivity index (χ1) is 12.1. The van der Waals surface area contributed by atoms with Crippen LogP contribution in [0.25, 0.3) is 0 Å². The van der Waals surface area contributed by atoms with E-state index in [0.717, 1.165) is 23.6 Å². The molecule has 25 heavy (non-hydrogen) atoms. The van der Waals surface area contributed by atoms with Crippen LogP contribution in [0.2, 0.25) is 0 Å².